The highest BCUT2D eigenvalue weighted by molar-refractivity contribution is 7.80. The van der Waals surface area contributed by atoms with E-state index in [-0.39, 0.29) is 6.09 Å². The molecule has 0 aromatic rings. The first-order chi connectivity index (χ1) is 9.02. The van der Waals surface area contributed by atoms with Crippen LogP contribution in [0.4, 0.5) is 4.79 Å². The number of nitrogens with one attached hydrogen (secondary N) is 2. The number of thiocarbonyl (C=S) groups is 1. The summed E-state index contributed by atoms with van der Waals surface area (Å²) in [5.41, 5.74) is 0. The standard InChI is InChI=1S/C13H25N3O2S/c1-4-18-13(17)16-7-5-11(6-8-16)15-12(19)14-9-10(2)3/h10-11H,4-9H2,1-3H3,(H2,14,15,19). The van der Waals surface area contributed by atoms with E-state index < -0.39 is 0 Å². The van der Waals surface area contributed by atoms with Crippen LogP contribution >= 0.6 is 12.2 Å². The molecular formula is C13H25N3O2S. The van der Waals surface area contributed by atoms with Gasteiger partial charge in [0.05, 0.1) is 6.61 Å². The first kappa shape index (κ1) is 16.0. The summed E-state index contributed by atoms with van der Waals surface area (Å²) in [6.45, 7) is 8.88. The van der Waals surface area contributed by atoms with Crippen molar-refractivity contribution in [3.05, 3.63) is 0 Å². The van der Waals surface area contributed by atoms with Gasteiger partial charge in [0, 0.05) is 25.7 Å². The van der Waals surface area contributed by atoms with Crippen LogP contribution < -0.4 is 10.6 Å². The van der Waals surface area contributed by atoms with Crippen LogP contribution in [0.2, 0.25) is 0 Å². The van der Waals surface area contributed by atoms with Crippen LogP contribution in [-0.2, 0) is 4.74 Å². The predicted octanol–water partition coefficient (Wildman–Crippen LogP) is 1.73. The van der Waals surface area contributed by atoms with Crippen molar-refractivity contribution in [2.45, 2.75) is 39.7 Å². The highest BCUT2D eigenvalue weighted by Gasteiger charge is 2.23. The molecule has 1 aliphatic heterocycles. The van der Waals surface area contributed by atoms with Crippen LogP contribution in [0.3, 0.4) is 0 Å². The molecule has 5 nitrogen and oxygen atoms in total. The van der Waals surface area contributed by atoms with Crippen molar-refractivity contribution in [3.63, 3.8) is 0 Å². The minimum atomic E-state index is -0.207. The molecule has 0 aromatic carbocycles. The molecular weight excluding hydrogens is 262 g/mol. The maximum absolute atomic E-state index is 11.5. The van der Waals surface area contributed by atoms with E-state index in [2.05, 4.69) is 24.5 Å². The van der Waals surface area contributed by atoms with Gasteiger partial charge in [-0.15, -0.1) is 0 Å². The molecule has 19 heavy (non-hydrogen) atoms. The van der Waals surface area contributed by atoms with E-state index in [4.69, 9.17) is 17.0 Å². The fourth-order valence-electron chi connectivity index (χ4n) is 1.95. The summed E-state index contributed by atoms with van der Waals surface area (Å²) in [5, 5.41) is 7.22. The molecule has 0 saturated carbocycles. The van der Waals surface area contributed by atoms with Gasteiger partial charge in [0.2, 0.25) is 0 Å². The molecule has 1 rings (SSSR count). The smallest absolute Gasteiger partial charge is 0.409 e. The number of amides is 1. The molecule has 2 N–H and O–H groups in total. The third-order valence-corrected chi connectivity index (χ3v) is 3.29. The number of hydrogen-bond acceptors (Lipinski definition) is 3. The first-order valence-electron chi connectivity index (χ1n) is 6.99. The van der Waals surface area contributed by atoms with E-state index in [0.29, 0.717) is 23.7 Å². The third kappa shape index (κ3) is 6.09. The molecule has 0 radical (unpaired) electrons. The predicted molar refractivity (Wildman–Crippen MR) is 80.2 cm³/mol. The van der Waals surface area contributed by atoms with Gasteiger partial charge in [-0.1, -0.05) is 13.8 Å². The summed E-state index contributed by atoms with van der Waals surface area (Å²) >= 11 is 5.25. The Morgan fingerprint density at radius 1 is 1.42 bits per heavy atom. The van der Waals surface area contributed by atoms with Gasteiger partial charge in [0.1, 0.15) is 0 Å². The van der Waals surface area contributed by atoms with E-state index in [1.54, 1.807) is 4.90 Å². The number of piperidine rings is 1. The molecule has 0 spiro atoms. The minimum Gasteiger partial charge on any atom is -0.450 e. The largest absolute Gasteiger partial charge is 0.450 e. The maximum atomic E-state index is 11.5. The van der Waals surface area contributed by atoms with Crippen LogP contribution in [-0.4, -0.2) is 48.4 Å². The Hall–Kier alpha value is -1.04. The van der Waals surface area contributed by atoms with E-state index in [1.165, 1.54) is 0 Å². The van der Waals surface area contributed by atoms with Gasteiger partial charge in [-0.25, -0.2) is 4.79 Å². The zero-order chi connectivity index (χ0) is 14.3. The Labute approximate surface area is 121 Å². The maximum Gasteiger partial charge on any atom is 0.409 e. The van der Waals surface area contributed by atoms with Crippen molar-refractivity contribution >= 4 is 23.4 Å². The SMILES string of the molecule is CCOC(=O)N1CCC(NC(=S)NCC(C)C)CC1. The van der Waals surface area contributed by atoms with Gasteiger partial charge < -0.3 is 20.3 Å². The molecule has 6 heteroatoms. The van der Waals surface area contributed by atoms with E-state index in [0.717, 1.165) is 32.5 Å². The van der Waals surface area contributed by atoms with E-state index >= 15 is 0 Å². The molecule has 0 unspecified atom stereocenters. The van der Waals surface area contributed by atoms with Crippen LogP contribution in [0.15, 0.2) is 0 Å². The monoisotopic (exact) mass is 287 g/mol. The summed E-state index contributed by atoms with van der Waals surface area (Å²) in [6, 6.07) is 0.345. The summed E-state index contributed by atoms with van der Waals surface area (Å²) < 4.78 is 4.99. The van der Waals surface area contributed by atoms with Crippen molar-refractivity contribution in [2.75, 3.05) is 26.2 Å². The van der Waals surface area contributed by atoms with Crippen molar-refractivity contribution in [2.24, 2.45) is 5.92 Å². The summed E-state index contributed by atoms with van der Waals surface area (Å²) in [6.07, 6.45) is 1.60. The van der Waals surface area contributed by atoms with Crippen molar-refractivity contribution in [3.8, 4) is 0 Å². The normalized spacial score (nSPS) is 16.3. The average Bonchev–Trinajstić information content (AvgIpc) is 2.37. The lowest BCUT2D eigenvalue weighted by Gasteiger charge is -2.32. The highest BCUT2D eigenvalue weighted by Crippen LogP contribution is 2.11. The Kier molecular flexibility index (Phi) is 6.91. The molecule has 0 aromatic heterocycles. The molecule has 0 atom stereocenters. The van der Waals surface area contributed by atoms with Gasteiger partial charge in [-0.2, -0.15) is 0 Å². The fourth-order valence-corrected chi connectivity index (χ4v) is 2.20. The quantitative estimate of drug-likeness (QED) is 0.771. The molecule has 110 valence electrons. The van der Waals surface area contributed by atoms with E-state index in [1.807, 2.05) is 6.92 Å². The molecule has 1 fully saturated rings. The number of carbonyl (C=O) groups is 1. The molecule has 1 heterocycles. The molecule has 0 bridgehead atoms. The lowest BCUT2D eigenvalue weighted by molar-refractivity contribution is 0.0963. The first-order valence-corrected chi connectivity index (χ1v) is 7.39. The van der Waals surface area contributed by atoms with Crippen molar-refractivity contribution in [1.82, 2.24) is 15.5 Å². The van der Waals surface area contributed by atoms with Crippen LogP contribution in [0.25, 0.3) is 0 Å². The Morgan fingerprint density at radius 2 is 2.05 bits per heavy atom. The molecule has 0 aliphatic carbocycles. The zero-order valence-electron chi connectivity index (χ0n) is 12.1. The van der Waals surface area contributed by atoms with E-state index in [9.17, 15) is 4.79 Å². The second kappa shape index (κ2) is 8.19. The lowest BCUT2D eigenvalue weighted by atomic mass is 10.1. The molecule has 1 amide bonds. The van der Waals surface area contributed by atoms with Gasteiger partial charge >= 0.3 is 6.09 Å². The zero-order valence-corrected chi connectivity index (χ0v) is 12.9. The van der Waals surface area contributed by atoms with Gasteiger partial charge in [-0.05, 0) is 37.9 Å². The van der Waals surface area contributed by atoms with Gasteiger partial charge in [0.25, 0.3) is 0 Å². The molecule has 1 saturated heterocycles. The van der Waals surface area contributed by atoms with Gasteiger partial charge in [0.15, 0.2) is 5.11 Å². The Balaban J connectivity index is 2.22. The minimum absolute atomic E-state index is 0.207. The molecule has 1 aliphatic rings. The second-order valence-corrected chi connectivity index (χ2v) is 5.62. The van der Waals surface area contributed by atoms with Crippen molar-refractivity contribution < 1.29 is 9.53 Å². The number of likely N-dealkylation sites (tertiary alicyclic amines) is 1. The fraction of sp³-hybridized carbons (Fsp3) is 0.846. The number of ether oxygens (including phenoxy) is 1. The highest BCUT2D eigenvalue weighted by atomic mass is 32.1. The average molecular weight is 287 g/mol. The number of rotatable bonds is 4. The van der Waals surface area contributed by atoms with Gasteiger partial charge in [-0.3, -0.25) is 0 Å². The number of nitrogens with zero attached hydrogens (tertiary/aromatic N) is 1. The van der Waals surface area contributed by atoms with Crippen LogP contribution in [0, 0.1) is 5.92 Å². The number of hydrogen-bond donors (Lipinski definition) is 2. The topological polar surface area (TPSA) is 53.6 Å². The van der Waals surface area contributed by atoms with Crippen LogP contribution in [0.1, 0.15) is 33.6 Å². The summed E-state index contributed by atoms with van der Waals surface area (Å²) in [5.74, 6) is 0.574. The Bertz CT molecular complexity index is 302. The lowest BCUT2D eigenvalue weighted by Crippen LogP contribution is -2.49. The third-order valence-electron chi connectivity index (χ3n) is 3.03. The number of carbonyl (C=O) groups excluding carboxylic acids is 1. The summed E-state index contributed by atoms with van der Waals surface area (Å²) in [7, 11) is 0. The second-order valence-electron chi connectivity index (χ2n) is 5.21. The Morgan fingerprint density at radius 3 is 2.58 bits per heavy atom. The van der Waals surface area contributed by atoms with Crippen molar-refractivity contribution in [1.29, 1.82) is 0 Å². The van der Waals surface area contributed by atoms with Crippen LogP contribution in [0.5, 0.6) is 0 Å². The summed E-state index contributed by atoms with van der Waals surface area (Å²) in [4.78, 5) is 13.3.